The molecule has 10 nitrogen and oxygen atoms in total. The maximum atomic E-state index is 15.0. The molecule has 14 heteroatoms. The number of rotatable bonds is 7. The fourth-order valence-electron chi connectivity index (χ4n) is 3.66. The van der Waals surface area contributed by atoms with Crippen molar-refractivity contribution in [3.63, 3.8) is 0 Å². The number of hydrogen-bond donors (Lipinski definition) is 4. The number of amides is 1. The summed E-state index contributed by atoms with van der Waals surface area (Å²) in [6, 6.07) is 7.88. The van der Waals surface area contributed by atoms with Gasteiger partial charge in [-0.1, -0.05) is 0 Å². The summed E-state index contributed by atoms with van der Waals surface area (Å²) < 4.78 is 57.7. The molecule has 4 rings (SSSR count). The molecule has 0 saturated heterocycles. The van der Waals surface area contributed by atoms with E-state index in [1.165, 1.54) is 18.2 Å². The summed E-state index contributed by atoms with van der Waals surface area (Å²) in [5.74, 6) is -2.19. The lowest BCUT2D eigenvalue weighted by Crippen LogP contribution is -2.18. The SMILES string of the molecule is CN(C)Cc1nccn1-c1ccc(NC(=O)c2cc(C(F)(F)F)nn2-c2ccc(O)c(C(=N)N)c2)c(F)c1. The number of benzene rings is 2. The summed E-state index contributed by atoms with van der Waals surface area (Å²) in [6.45, 7) is 0.487. The number of nitrogens with two attached hydrogens (primary N) is 1. The highest BCUT2D eigenvalue weighted by atomic mass is 19.4. The first kappa shape index (κ1) is 26.3. The Morgan fingerprint density at radius 3 is 2.50 bits per heavy atom. The number of nitrogens with zero attached hydrogens (tertiary/aromatic N) is 5. The molecule has 198 valence electrons. The second kappa shape index (κ2) is 9.97. The van der Waals surface area contributed by atoms with Crippen LogP contribution in [-0.2, 0) is 12.7 Å². The standard InChI is InChI=1S/C24H22F4N8O2/c1-34(2)12-21-31-7-8-35(21)13-3-5-17(16(25)10-13)32-23(38)18-11-20(24(26,27)28)33-36(18)14-4-6-19(37)15(9-14)22(29)30/h3-11,37H,12H2,1-2H3,(H3,29,30)(H,32,38). The first-order valence-electron chi connectivity index (χ1n) is 11.0. The summed E-state index contributed by atoms with van der Waals surface area (Å²) in [5, 5.41) is 23.2. The molecular formula is C24H22F4N8O2. The van der Waals surface area contributed by atoms with Crippen LogP contribution in [0.4, 0.5) is 23.2 Å². The maximum Gasteiger partial charge on any atom is 0.435 e. The third-order valence-corrected chi connectivity index (χ3v) is 5.40. The normalized spacial score (nSPS) is 11.7. The van der Waals surface area contributed by atoms with E-state index in [9.17, 15) is 27.5 Å². The Kier molecular flexibility index (Phi) is 6.91. The van der Waals surface area contributed by atoms with Gasteiger partial charge in [0.15, 0.2) is 5.69 Å². The molecule has 2 heterocycles. The van der Waals surface area contributed by atoms with Crippen LogP contribution in [0.3, 0.4) is 0 Å². The third kappa shape index (κ3) is 5.34. The number of alkyl halides is 3. The average molecular weight is 530 g/mol. The molecule has 1 amide bonds. The summed E-state index contributed by atoms with van der Waals surface area (Å²) in [4.78, 5) is 19.2. The largest absolute Gasteiger partial charge is 0.507 e. The van der Waals surface area contributed by atoms with E-state index in [0.29, 0.717) is 28.8 Å². The number of aromatic hydroxyl groups is 1. The lowest BCUT2D eigenvalue weighted by molar-refractivity contribution is -0.141. The quantitative estimate of drug-likeness (QED) is 0.164. The highest BCUT2D eigenvalue weighted by molar-refractivity contribution is 6.04. The van der Waals surface area contributed by atoms with E-state index in [1.807, 2.05) is 19.0 Å². The highest BCUT2D eigenvalue weighted by Crippen LogP contribution is 2.31. The second-order valence-corrected chi connectivity index (χ2v) is 8.51. The van der Waals surface area contributed by atoms with Crippen molar-refractivity contribution in [1.82, 2.24) is 24.2 Å². The lowest BCUT2D eigenvalue weighted by atomic mass is 10.1. The van der Waals surface area contributed by atoms with E-state index >= 15 is 0 Å². The van der Waals surface area contributed by atoms with Crippen molar-refractivity contribution in [3.05, 3.63) is 83.5 Å². The number of nitrogens with one attached hydrogen (secondary N) is 2. The number of aromatic nitrogens is 4. The fourth-order valence-corrected chi connectivity index (χ4v) is 3.66. The van der Waals surface area contributed by atoms with Crippen molar-refractivity contribution in [2.45, 2.75) is 12.7 Å². The van der Waals surface area contributed by atoms with E-state index in [0.717, 1.165) is 18.2 Å². The Hall–Kier alpha value is -4.72. The fraction of sp³-hybridized carbons (Fsp3) is 0.167. The number of amidine groups is 1. The Balaban J connectivity index is 1.69. The van der Waals surface area contributed by atoms with Gasteiger partial charge in [-0.15, -0.1) is 0 Å². The number of carbonyl (C=O) groups is 1. The van der Waals surface area contributed by atoms with Gasteiger partial charge in [-0.3, -0.25) is 10.2 Å². The van der Waals surface area contributed by atoms with Gasteiger partial charge in [0.25, 0.3) is 5.91 Å². The van der Waals surface area contributed by atoms with E-state index in [4.69, 9.17) is 11.1 Å². The van der Waals surface area contributed by atoms with Gasteiger partial charge < -0.3 is 25.6 Å². The van der Waals surface area contributed by atoms with E-state index < -0.39 is 35.1 Å². The van der Waals surface area contributed by atoms with E-state index in [-0.39, 0.29) is 22.7 Å². The van der Waals surface area contributed by atoms with Gasteiger partial charge in [0.05, 0.1) is 23.5 Å². The number of nitrogen functional groups attached to an aromatic ring is 1. The number of anilines is 1. The van der Waals surface area contributed by atoms with Gasteiger partial charge in [-0.05, 0) is 44.4 Å². The topological polar surface area (TPSA) is 138 Å². The summed E-state index contributed by atoms with van der Waals surface area (Å²) in [6.07, 6.45) is -1.68. The average Bonchev–Trinajstić information content (AvgIpc) is 3.47. The molecule has 2 aromatic heterocycles. The van der Waals surface area contributed by atoms with Crippen molar-refractivity contribution < 1.29 is 27.5 Å². The second-order valence-electron chi connectivity index (χ2n) is 8.51. The van der Waals surface area contributed by atoms with Crippen LogP contribution in [0.15, 0.2) is 54.9 Å². The molecule has 5 N–H and O–H groups in total. The number of phenols is 1. The zero-order valence-electron chi connectivity index (χ0n) is 20.1. The number of hydrogen-bond acceptors (Lipinski definition) is 6. The van der Waals surface area contributed by atoms with E-state index in [1.54, 1.807) is 17.0 Å². The minimum Gasteiger partial charge on any atom is -0.507 e. The van der Waals surface area contributed by atoms with Crippen LogP contribution < -0.4 is 11.1 Å². The Morgan fingerprint density at radius 1 is 1.16 bits per heavy atom. The molecule has 0 aliphatic heterocycles. The highest BCUT2D eigenvalue weighted by Gasteiger charge is 2.36. The maximum absolute atomic E-state index is 15.0. The van der Waals surface area contributed by atoms with Crippen LogP contribution in [0.1, 0.15) is 27.6 Å². The van der Waals surface area contributed by atoms with Gasteiger partial charge in [-0.25, -0.2) is 14.1 Å². The minimum absolute atomic E-state index is 0.0852. The van der Waals surface area contributed by atoms with Crippen LogP contribution in [-0.4, -0.2) is 55.2 Å². The van der Waals surface area contributed by atoms with Crippen LogP contribution >= 0.6 is 0 Å². The lowest BCUT2D eigenvalue weighted by Gasteiger charge is -2.14. The van der Waals surface area contributed by atoms with Gasteiger partial charge in [-0.2, -0.15) is 18.3 Å². The minimum atomic E-state index is -4.89. The molecule has 0 unspecified atom stereocenters. The van der Waals surface area contributed by atoms with Crippen molar-refractivity contribution >= 4 is 17.4 Å². The number of halogens is 4. The van der Waals surface area contributed by atoms with Crippen LogP contribution in [0.5, 0.6) is 5.75 Å². The summed E-state index contributed by atoms with van der Waals surface area (Å²) >= 11 is 0. The molecule has 0 aliphatic carbocycles. The Morgan fingerprint density at radius 2 is 1.87 bits per heavy atom. The molecule has 0 radical (unpaired) electrons. The molecule has 0 saturated carbocycles. The predicted octanol–water partition coefficient (Wildman–Crippen LogP) is 3.52. The predicted molar refractivity (Wildman–Crippen MR) is 130 cm³/mol. The molecule has 0 atom stereocenters. The third-order valence-electron chi connectivity index (χ3n) is 5.40. The van der Waals surface area contributed by atoms with Crippen molar-refractivity contribution in [3.8, 4) is 17.1 Å². The summed E-state index contributed by atoms with van der Waals surface area (Å²) in [5.41, 5.74) is 3.38. The molecule has 0 fully saturated rings. The van der Waals surface area contributed by atoms with Crippen molar-refractivity contribution in [2.24, 2.45) is 5.73 Å². The number of imidazole rings is 1. The molecule has 2 aromatic carbocycles. The molecule has 0 spiro atoms. The molecule has 4 aromatic rings. The molecule has 0 bridgehead atoms. The molecule has 38 heavy (non-hydrogen) atoms. The van der Waals surface area contributed by atoms with Crippen molar-refractivity contribution in [2.75, 3.05) is 19.4 Å². The number of carbonyl (C=O) groups excluding carboxylic acids is 1. The van der Waals surface area contributed by atoms with Gasteiger partial charge in [0.2, 0.25) is 0 Å². The molecular weight excluding hydrogens is 508 g/mol. The number of phenolic OH excluding ortho intramolecular Hbond substituents is 1. The van der Waals surface area contributed by atoms with Gasteiger partial charge in [0.1, 0.15) is 28.9 Å². The van der Waals surface area contributed by atoms with Crippen LogP contribution in [0.2, 0.25) is 0 Å². The van der Waals surface area contributed by atoms with Gasteiger partial charge in [0, 0.05) is 30.2 Å². The Bertz CT molecular complexity index is 1520. The van der Waals surface area contributed by atoms with Crippen LogP contribution in [0.25, 0.3) is 11.4 Å². The van der Waals surface area contributed by atoms with Gasteiger partial charge >= 0.3 is 6.18 Å². The molecule has 0 aliphatic rings. The smallest absolute Gasteiger partial charge is 0.435 e. The summed E-state index contributed by atoms with van der Waals surface area (Å²) in [7, 11) is 3.71. The first-order chi connectivity index (χ1) is 17.8. The Labute approximate surface area is 213 Å². The first-order valence-corrected chi connectivity index (χ1v) is 11.0. The zero-order chi connectivity index (χ0) is 27.8. The van der Waals surface area contributed by atoms with E-state index in [2.05, 4.69) is 15.4 Å². The van der Waals surface area contributed by atoms with Crippen LogP contribution in [0, 0.1) is 11.2 Å². The zero-order valence-corrected chi connectivity index (χ0v) is 20.1. The monoisotopic (exact) mass is 530 g/mol. The van der Waals surface area contributed by atoms with Crippen molar-refractivity contribution in [1.29, 1.82) is 5.41 Å².